The van der Waals surface area contributed by atoms with E-state index in [-0.39, 0.29) is 11.4 Å². The zero-order valence-electron chi connectivity index (χ0n) is 15.0. The number of ether oxygens (including phenoxy) is 2. The molecule has 146 valence electrons. The molecule has 1 saturated heterocycles. The fraction of sp³-hybridized carbons (Fsp3) is 0.611. The molecule has 3 rings (SSSR count). The van der Waals surface area contributed by atoms with Crippen molar-refractivity contribution in [1.29, 1.82) is 0 Å². The average Bonchev–Trinajstić information content (AvgIpc) is 3.25. The summed E-state index contributed by atoms with van der Waals surface area (Å²) in [5.74, 6) is 2.59. The molecule has 27 heavy (non-hydrogen) atoms. The molecule has 0 bridgehead atoms. The van der Waals surface area contributed by atoms with Gasteiger partial charge in [-0.2, -0.15) is 4.98 Å². The second kappa shape index (κ2) is 8.08. The first kappa shape index (κ1) is 19.4. The van der Waals surface area contributed by atoms with E-state index in [9.17, 15) is 19.8 Å². The van der Waals surface area contributed by atoms with Gasteiger partial charge in [-0.1, -0.05) is 18.8 Å². The van der Waals surface area contributed by atoms with Crippen LogP contribution in [0, 0.1) is 18.3 Å². The molecule has 9 heteroatoms. The van der Waals surface area contributed by atoms with Crippen molar-refractivity contribution in [3.05, 3.63) is 22.2 Å². The molecule has 1 amide bonds. The van der Waals surface area contributed by atoms with E-state index in [1.165, 1.54) is 6.20 Å². The van der Waals surface area contributed by atoms with Gasteiger partial charge in [-0.3, -0.25) is 9.88 Å². The van der Waals surface area contributed by atoms with Crippen LogP contribution >= 0.6 is 0 Å². The third-order valence-corrected chi connectivity index (χ3v) is 5.00. The van der Waals surface area contributed by atoms with E-state index >= 15 is 0 Å². The number of hydrogen-bond donors (Lipinski definition) is 3. The number of carbonyl (C=O) groups is 1. The summed E-state index contributed by atoms with van der Waals surface area (Å²) in [4.78, 5) is 28.1. The van der Waals surface area contributed by atoms with Crippen molar-refractivity contribution >= 4 is 11.9 Å². The Labute approximate surface area is 156 Å². The molecular weight excluding hydrogens is 354 g/mol. The fourth-order valence-corrected chi connectivity index (χ4v) is 3.41. The molecule has 0 radical (unpaired) electrons. The minimum Gasteiger partial charge on any atom is -0.449 e. The molecular formula is C18H23N3O6. The molecule has 2 fully saturated rings. The Balaban J connectivity index is 1.73. The van der Waals surface area contributed by atoms with Crippen molar-refractivity contribution in [1.82, 2.24) is 9.55 Å². The Bertz CT molecular complexity index is 795. The quantitative estimate of drug-likeness (QED) is 0.657. The SMILES string of the molecule is C#Cc1cn([C@@H]2O[C@H](C)[C@@H](O)[C@H]2O)c(=O)nc1NC(=O)OCC1CCCC1. The lowest BCUT2D eigenvalue weighted by Crippen LogP contribution is -2.36. The smallest absolute Gasteiger partial charge is 0.412 e. The second-order valence-electron chi connectivity index (χ2n) is 6.92. The van der Waals surface area contributed by atoms with Gasteiger partial charge < -0.3 is 19.7 Å². The van der Waals surface area contributed by atoms with Gasteiger partial charge in [0.05, 0.1) is 18.3 Å². The molecule has 1 aromatic rings. The van der Waals surface area contributed by atoms with E-state index in [0.29, 0.717) is 12.5 Å². The van der Waals surface area contributed by atoms with Crippen LogP contribution in [0.3, 0.4) is 0 Å². The summed E-state index contributed by atoms with van der Waals surface area (Å²) in [6.07, 6.45) is 6.09. The highest BCUT2D eigenvalue weighted by Crippen LogP contribution is 2.28. The van der Waals surface area contributed by atoms with Gasteiger partial charge in [0.2, 0.25) is 0 Å². The van der Waals surface area contributed by atoms with Crippen molar-refractivity contribution in [2.75, 3.05) is 11.9 Å². The van der Waals surface area contributed by atoms with E-state index in [1.807, 2.05) is 0 Å². The highest BCUT2D eigenvalue weighted by molar-refractivity contribution is 5.84. The van der Waals surface area contributed by atoms with E-state index in [4.69, 9.17) is 15.9 Å². The predicted molar refractivity (Wildman–Crippen MR) is 95.0 cm³/mol. The summed E-state index contributed by atoms with van der Waals surface area (Å²) in [6, 6.07) is 0. The topological polar surface area (TPSA) is 123 Å². The second-order valence-corrected chi connectivity index (χ2v) is 6.92. The number of anilines is 1. The highest BCUT2D eigenvalue weighted by atomic mass is 16.6. The van der Waals surface area contributed by atoms with Crippen molar-refractivity contribution in [2.24, 2.45) is 5.92 Å². The minimum absolute atomic E-state index is 0.101. The summed E-state index contributed by atoms with van der Waals surface area (Å²) < 4.78 is 11.6. The third kappa shape index (κ3) is 4.13. The highest BCUT2D eigenvalue weighted by Gasteiger charge is 2.42. The van der Waals surface area contributed by atoms with Gasteiger partial charge in [-0.15, -0.1) is 6.42 Å². The summed E-state index contributed by atoms with van der Waals surface area (Å²) >= 11 is 0. The minimum atomic E-state index is -1.31. The zero-order chi connectivity index (χ0) is 19.6. The molecule has 1 aliphatic carbocycles. The first-order valence-electron chi connectivity index (χ1n) is 8.96. The van der Waals surface area contributed by atoms with Gasteiger partial charge in [-0.05, 0) is 25.7 Å². The molecule has 3 N–H and O–H groups in total. The first-order valence-corrected chi connectivity index (χ1v) is 8.96. The number of amides is 1. The van der Waals surface area contributed by atoms with Crippen molar-refractivity contribution in [3.63, 3.8) is 0 Å². The summed E-state index contributed by atoms with van der Waals surface area (Å²) in [5, 5.41) is 22.3. The third-order valence-electron chi connectivity index (χ3n) is 5.00. The van der Waals surface area contributed by atoms with Crippen LogP contribution in [-0.4, -0.2) is 50.8 Å². The fourth-order valence-electron chi connectivity index (χ4n) is 3.41. The average molecular weight is 377 g/mol. The van der Waals surface area contributed by atoms with Gasteiger partial charge in [0.1, 0.15) is 12.2 Å². The maximum absolute atomic E-state index is 12.3. The Morgan fingerprint density at radius 3 is 2.74 bits per heavy atom. The Kier molecular flexibility index (Phi) is 5.79. The predicted octanol–water partition coefficient (Wildman–Crippen LogP) is 0.602. The van der Waals surface area contributed by atoms with Gasteiger partial charge in [0.15, 0.2) is 12.0 Å². The normalized spacial score (nSPS) is 28.1. The zero-order valence-corrected chi connectivity index (χ0v) is 15.0. The lowest BCUT2D eigenvalue weighted by Gasteiger charge is -2.18. The molecule has 4 atom stereocenters. The number of terminal acetylenes is 1. The Morgan fingerprint density at radius 2 is 2.15 bits per heavy atom. The van der Waals surface area contributed by atoms with Gasteiger partial charge in [-0.25, -0.2) is 9.59 Å². The molecule has 0 spiro atoms. The van der Waals surface area contributed by atoms with Crippen LogP contribution in [0.2, 0.25) is 0 Å². The van der Waals surface area contributed by atoms with Crippen LogP contribution in [0.25, 0.3) is 0 Å². The maximum atomic E-state index is 12.3. The van der Waals surface area contributed by atoms with E-state index in [0.717, 1.165) is 30.3 Å². The lowest BCUT2D eigenvalue weighted by atomic mass is 10.1. The van der Waals surface area contributed by atoms with Crippen LogP contribution in [0.5, 0.6) is 0 Å². The van der Waals surface area contributed by atoms with Crippen LogP contribution in [0.4, 0.5) is 10.6 Å². The lowest BCUT2D eigenvalue weighted by molar-refractivity contribution is -0.0350. The molecule has 0 unspecified atom stereocenters. The van der Waals surface area contributed by atoms with E-state index in [1.54, 1.807) is 6.92 Å². The van der Waals surface area contributed by atoms with E-state index in [2.05, 4.69) is 16.2 Å². The van der Waals surface area contributed by atoms with E-state index < -0.39 is 36.3 Å². The first-order chi connectivity index (χ1) is 12.9. The molecule has 2 heterocycles. The Hall–Kier alpha value is -2.41. The largest absolute Gasteiger partial charge is 0.449 e. The number of rotatable bonds is 4. The van der Waals surface area contributed by atoms with Gasteiger partial charge in [0, 0.05) is 6.20 Å². The number of nitrogens with zero attached hydrogens (tertiary/aromatic N) is 2. The number of carbonyl (C=O) groups excluding carboxylic acids is 1. The van der Waals surface area contributed by atoms with Crippen LogP contribution in [-0.2, 0) is 9.47 Å². The van der Waals surface area contributed by atoms with Crippen LogP contribution in [0.1, 0.15) is 44.4 Å². The molecule has 1 saturated carbocycles. The van der Waals surface area contributed by atoms with Crippen molar-refractivity contribution < 1.29 is 24.5 Å². The monoisotopic (exact) mass is 377 g/mol. The molecule has 1 aromatic heterocycles. The number of aliphatic hydroxyl groups excluding tert-OH is 2. The van der Waals surface area contributed by atoms with Crippen LogP contribution in [0.15, 0.2) is 11.0 Å². The number of nitrogens with one attached hydrogen (secondary N) is 1. The maximum Gasteiger partial charge on any atom is 0.412 e. The standard InChI is InChI=1S/C18H23N3O6/c1-3-12-8-21(16-14(23)13(22)10(2)27-16)17(24)19-15(12)20-18(25)26-9-11-6-4-5-7-11/h1,8,10-11,13-14,16,22-23H,4-7,9H2,2H3,(H,19,20,24,25)/t10-,13-,14-,16-/m1/s1. The summed E-state index contributed by atoms with van der Waals surface area (Å²) in [7, 11) is 0. The van der Waals surface area contributed by atoms with Crippen molar-refractivity contribution in [3.8, 4) is 12.3 Å². The van der Waals surface area contributed by atoms with Gasteiger partial charge in [0.25, 0.3) is 0 Å². The number of aromatic nitrogens is 2. The molecule has 1 aliphatic heterocycles. The number of aliphatic hydroxyl groups is 2. The number of hydrogen-bond acceptors (Lipinski definition) is 7. The van der Waals surface area contributed by atoms with Crippen LogP contribution < -0.4 is 11.0 Å². The van der Waals surface area contributed by atoms with Crippen molar-refractivity contribution in [2.45, 2.75) is 57.1 Å². The summed E-state index contributed by atoms with van der Waals surface area (Å²) in [5.41, 5.74) is -0.664. The molecule has 9 nitrogen and oxygen atoms in total. The summed E-state index contributed by atoms with van der Waals surface area (Å²) in [6.45, 7) is 1.89. The Morgan fingerprint density at radius 1 is 1.44 bits per heavy atom. The molecule has 2 aliphatic rings. The molecule has 0 aromatic carbocycles. The van der Waals surface area contributed by atoms with Gasteiger partial charge >= 0.3 is 11.8 Å².